The van der Waals surface area contributed by atoms with Crippen LogP contribution in [0.5, 0.6) is 0 Å². The smallest absolute Gasteiger partial charge is 0.143 e. The molecule has 3 fully saturated rings. The zero-order valence-corrected chi connectivity index (χ0v) is 23.1. The first-order valence-electron chi connectivity index (χ1n) is 15.0. The normalized spacial score (nSPS) is 35.5. The van der Waals surface area contributed by atoms with Gasteiger partial charge in [-0.05, 0) is 110 Å². The summed E-state index contributed by atoms with van der Waals surface area (Å²) in [5.74, 6) is 4.09. The Morgan fingerprint density at radius 2 is 1.57 bits per heavy atom. The Balaban J connectivity index is 1.24. The van der Waals surface area contributed by atoms with E-state index in [9.17, 15) is 4.79 Å². The Bertz CT molecular complexity index is 1150. The molecule has 3 saturated carbocycles. The average Bonchev–Trinajstić information content (AvgIpc) is 3.28. The first-order valence-corrected chi connectivity index (χ1v) is 15.0. The van der Waals surface area contributed by atoms with Gasteiger partial charge in [-0.25, -0.2) is 0 Å². The fourth-order valence-corrected chi connectivity index (χ4v) is 9.65. The largest absolute Gasteiger partial charge is 0.299 e. The van der Waals surface area contributed by atoms with Gasteiger partial charge < -0.3 is 0 Å². The Hall–Kier alpha value is -2.41. The van der Waals surface area contributed by atoms with Crippen molar-refractivity contribution in [2.24, 2.45) is 40.4 Å². The van der Waals surface area contributed by atoms with Gasteiger partial charge in [0.05, 0.1) is 5.41 Å². The van der Waals surface area contributed by atoms with Gasteiger partial charge in [0.15, 0.2) is 0 Å². The maximum atomic E-state index is 13.3. The van der Waals surface area contributed by atoms with Gasteiger partial charge in [-0.1, -0.05) is 92.2 Å². The molecule has 0 saturated heterocycles. The van der Waals surface area contributed by atoms with E-state index in [2.05, 4.69) is 93.6 Å². The molecule has 194 valence electrons. The van der Waals surface area contributed by atoms with Crippen LogP contribution in [0.2, 0.25) is 0 Å². The lowest BCUT2D eigenvalue weighted by molar-refractivity contribution is -0.137. The molecule has 4 aliphatic carbocycles. The highest BCUT2D eigenvalue weighted by Crippen LogP contribution is 2.67. The number of benzene rings is 2. The third kappa shape index (κ3) is 4.08. The van der Waals surface area contributed by atoms with Crippen LogP contribution in [-0.4, -0.2) is 5.78 Å². The Morgan fingerprint density at radius 3 is 2.24 bits per heavy atom. The fraction of sp³-hybridized carbons (Fsp3) is 0.528. The van der Waals surface area contributed by atoms with Crippen molar-refractivity contribution >= 4 is 11.4 Å². The molecule has 1 heteroatoms. The van der Waals surface area contributed by atoms with E-state index < -0.39 is 0 Å². The van der Waals surface area contributed by atoms with E-state index in [0.717, 1.165) is 43.4 Å². The number of ketones is 1. The average molecular weight is 493 g/mol. The number of Topliss-reactive ketones (excluding diaryl/α,β-unsaturated/α-hetero) is 1. The van der Waals surface area contributed by atoms with Gasteiger partial charge in [0, 0.05) is 6.42 Å². The van der Waals surface area contributed by atoms with E-state index in [-0.39, 0.29) is 5.41 Å². The summed E-state index contributed by atoms with van der Waals surface area (Å²) in [6, 6.07) is 21.8. The molecule has 2 aromatic carbocycles. The molecule has 6 rings (SSSR count). The van der Waals surface area contributed by atoms with Crippen LogP contribution in [0, 0.1) is 40.4 Å². The number of allylic oxidation sites excluding steroid dienone is 3. The van der Waals surface area contributed by atoms with Crippen LogP contribution in [0.15, 0.2) is 78.4 Å². The summed E-state index contributed by atoms with van der Waals surface area (Å²) in [6.45, 7) is 7.48. The van der Waals surface area contributed by atoms with Crippen LogP contribution in [-0.2, 0) is 4.79 Å². The minimum Gasteiger partial charge on any atom is -0.299 e. The highest BCUT2D eigenvalue weighted by molar-refractivity contribution is 5.89. The van der Waals surface area contributed by atoms with Crippen molar-refractivity contribution in [3.63, 3.8) is 0 Å². The second kappa shape index (κ2) is 9.72. The molecule has 0 aromatic heterocycles. The van der Waals surface area contributed by atoms with Gasteiger partial charge in [-0.2, -0.15) is 0 Å². The summed E-state index contributed by atoms with van der Waals surface area (Å²) in [5.41, 5.74) is 5.75. The Kier molecular flexibility index (Phi) is 6.54. The van der Waals surface area contributed by atoms with Crippen molar-refractivity contribution < 1.29 is 4.79 Å². The molecular formula is C36H44O. The first kappa shape index (κ1) is 24.9. The number of rotatable bonds is 5. The molecule has 37 heavy (non-hydrogen) atoms. The molecule has 2 aromatic rings. The van der Waals surface area contributed by atoms with E-state index in [1.54, 1.807) is 0 Å². The monoisotopic (exact) mass is 492 g/mol. The van der Waals surface area contributed by atoms with E-state index in [1.807, 2.05) is 0 Å². The molecule has 0 amide bonds. The third-order valence-electron chi connectivity index (χ3n) is 11.6. The van der Waals surface area contributed by atoms with E-state index in [0.29, 0.717) is 23.0 Å². The zero-order chi connectivity index (χ0) is 25.6. The van der Waals surface area contributed by atoms with Crippen LogP contribution in [0.4, 0.5) is 0 Å². The second-order valence-electron chi connectivity index (χ2n) is 13.1. The van der Waals surface area contributed by atoms with Crippen molar-refractivity contribution in [2.75, 3.05) is 0 Å². The zero-order valence-electron chi connectivity index (χ0n) is 23.1. The Labute approximate surface area is 224 Å². The van der Waals surface area contributed by atoms with Crippen LogP contribution in [0.3, 0.4) is 0 Å². The molecule has 0 N–H and O–H groups in total. The predicted molar refractivity (Wildman–Crippen MR) is 154 cm³/mol. The van der Waals surface area contributed by atoms with E-state index in [1.165, 1.54) is 54.4 Å². The van der Waals surface area contributed by atoms with Crippen molar-refractivity contribution in [1.29, 1.82) is 0 Å². The van der Waals surface area contributed by atoms with Gasteiger partial charge in [0.25, 0.3) is 0 Å². The summed E-state index contributed by atoms with van der Waals surface area (Å²) in [4.78, 5) is 13.3. The predicted octanol–water partition coefficient (Wildman–Crippen LogP) is 9.29. The molecule has 0 heterocycles. The molecule has 0 unspecified atom stereocenters. The van der Waals surface area contributed by atoms with Crippen LogP contribution in [0.25, 0.3) is 5.57 Å². The summed E-state index contributed by atoms with van der Waals surface area (Å²) in [7, 11) is 0. The minimum atomic E-state index is -0.158. The van der Waals surface area contributed by atoms with Crippen LogP contribution >= 0.6 is 0 Å². The number of carbonyl (C=O) groups is 1. The number of hydrogen-bond donors (Lipinski definition) is 0. The maximum Gasteiger partial charge on any atom is 0.143 e. The molecule has 0 radical (unpaired) electrons. The highest BCUT2D eigenvalue weighted by atomic mass is 16.1. The van der Waals surface area contributed by atoms with Crippen molar-refractivity contribution in [3.05, 3.63) is 89.5 Å². The number of fused-ring (bicyclic) bond motifs is 5. The molecule has 4 aliphatic rings. The lowest BCUT2D eigenvalue weighted by atomic mass is 9.46. The quantitative estimate of drug-likeness (QED) is 0.380. The SMILES string of the molecule is C[C@H](CC=C(c1ccccc1)c1ccccc1)[C@@H]1CC[C@H]2[C@H]3CCC4=CCCC(=O)[C@@]4(C)[C@@H]3CC[C@@]21C. The second-order valence-corrected chi connectivity index (χ2v) is 13.1. The van der Waals surface area contributed by atoms with Gasteiger partial charge in [-0.15, -0.1) is 0 Å². The summed E-state index contributed by atoms with van der Waals surface area (Å²) in [5, 5.41) is 0. The van der Waals surface area contributed by atoms with Crippen molar-refractivity contribution in [3.8, 4) is 0 Å². The lowest BCUT2D eigenvalue weighted by Crippen LogP contribution is -2.53. The highest BCUT2D eigenvalue weighted by Gasteiger charge is 2.60. The third-order valence-corrected chi connectivity index (χ3v) is 11.6. The maximum absolute atomic E-state index is 13.3. The molecule has 0 aliphatic heterocycles. The van der Waals surface area contributed by atoms with E-state index in [4.69, 9.17) is 0 Å². The number of hydrogen-bond acceptors (Lipinski definition) is 1. The summed E-state index contributed by atoms with van der Waals surface area (Å²) in [6.07, 6.45) is 15.6. The van der Waals surface area contributed by atoms with Gasteiger partial charge in [0.2, 0.25) is 0 Å². The summed E-state index contributed by atoms with van der Waals surface area (Å²) < 4.78 is 0. The van der Waals surface area contributed by atoms with Crippen LogP contribution in [0.1, 0.15) is 89.7 Å². The standard InChI is InChI=1S/C36H44O/c1-25(17-19-29(26-11-6-4-7-12-26)27-13-8-5-9-14-27)31-21-22-32-30-20-18-28-15-10-16-34(37)36(28,3)33(30)23-24-35(31,32)2/h4-9,11-15,19,25,30-33H,10,16-18,20-24H2,1-3H3/t25-,30-,31+,32+,33-,35-,36-/m1/s1. The molecule has 0 bridgehead atoms. The Morgan fingerprint density at radius 1 is 0.892 bits per heavy atom. The first-order chi connectivity index (χ1) is 17.9. The number of carbonyl (C=O) groups excluding carboxylic acids is 1. The molecule has 0 spiro atoms. The molecular weight excluding hydrogens is 448 g/mol. The van der Waals surface area contributed by atoms with E-state index >= 15 is 0 Å². The van der Waals surface area contributed by atoms with Crippen molar-refractivity contribution in [2.45, 2.75) is 78.6 Å². The molecule has 7 atom stereocenters. The van der Waals surface area contributed by atoms with Gasteiger partial charge in [-0.3, -0.25) is 4.79 Å². The van der Waals surface area contributed by atoms with Crippen LogP contribution < -0.4 is 0 Å². The van der Waals surface area contributed by atoms with Gasteiger partial charge in [0.1, 0.15) is 5.78 Å². The molecule has 1 nitrogen and oxygen atoms in total. The fourth-order valence-electron chi connectivity index (χ4n) is 9.65. The van der Waals surface area contributed by atoms with Crippen molar-refractivity contribution in [1.82, 2.24) is 0 Å². The van der Waals surface area contributed by atoms with Gasteiger partial charge >= 0.3 is 0 Å². The topological polar surface area (TPSA) is 17.1 Å². The minimum absolute atomic E-state index is 0.158. The lowest BCUT2D eigenvalue weighted by Gasteiger charge is -2.58. The summed E-state index contributed by atoms with van der Waals surface area (Å²) >= 11 is 0.